The number of aliphatic imine (C=N–C) groups is 1. The number of hydrogen-bond acceptors (Lipinski definition) is 2. The van der Waals surface area contributed by atoms with Crippen LogP contribution >= 0.6 is 11.6 Å². The molecule has 1 aromatic carbocycles. The van der Waals surface area contributed by atoms with E-state index in [0.717, 1.165) is 12.1 Å². The van der Waals surface area contributed by atoms with Gasteiger partial charge in [0.15, 0.2) is 0 Å². The number of nitrogens with zero attached hydrogens (tertiary/aromatic N) is 1. The number of carboxylic acid groups (broad SMARTS) is 1. The lowest BCUT2D eigenvalue weighted by Gasteiger charge is -2.11. The Bertz CT molecular complexity index is 500. The minimum Gasteiger partial charge on any atom is -0.478 e. The zero-order chi connectivity index (χ0) is 13.9. The van der Waals surface area contributed by atoms with Gasteiger partial charge in [0.05, 0.1) is 22.7 Å². The van der Waals surface area contributed by atoms with Crippen molar-refractivity contribution < 1.29 is 23.1 Å². The van der Waals surface area contributed by atoms with Crippen LogP contribution in [0.15, 0.2) is 23.2 Å². The Kier molecular flexibility index (Phi) is 4.18. The highest BCUT2D eigenvalue weighted by atomic mass is 35.5. The fraction of sp³-hybridized carbons (Fsp3) is 0.200. The number of aromatic carboxylic acids is 1. The molecule has 0 heterocycles. The Balaban J connectivity index is 3.39. The average molecular weight is 281 g/mol. The number of rotatable bonds is 3. The van der Waals surface area contributed by atoms with Crippen LogP contribution in [0, 0.1) is 0 Å². The predicted octanol–water partition coefficient (Wildman–Crippen LogP) is 2.63. The molecule has 0 aliphatic carbocycles. The molecule has 0 atom stereocenters. The maximum absolute atomic E-state index is 12.7. The fourth-order valence-electron chi connectivity index (χ4n) is 1.18. The van der Waals surface area contributed by atoms with E-state index >= 15 is 0 Å². The summed E-state index contributed by atoms with van der Waals surface area (Å²) in [6.07, 6.45) is -4.73. The van der Waals surface area contributed by atoms with Gasteiger partial charge >= 0.3 is 12.1 Å². The number of carboxylic acids is 1. The van der Waals surface area contributed by atoms with Gasteiger partial charge in [-0.2, -0.15) is 13.2 Å². The summed E-state index contributed by atoms with van der Waals surface area (Å²) in [7, 11) is 0. The third-order valence-corrected chi connectivity index (χ3v) is 2.22. The number of amidine groups is 1. The molecule has 4 nitrogen and oxygen atoms in total. The molecule has 8 heteroatoms. The molecule has 0 unspecified atom stereocenters. The number of halogens is 4. The molecule has 0 radical (unpaired) electrons. The van der Waals surface area contributed by atoms with E-state index in [0.29, 0.717) is 6.07 Å². The SMILES string of the molecule is NC(CCl)=Nc1ccc(C(=O)O)cc1C(F)(F)F. The molecular formula is C10H8ClF3N2O2. The molecule has 0 aromatic heterocycles. The third kappa shape index (κ3) is 3.36. The largest absolute Gasteiger partial charge is 0.478 e. The molecule has 0 aliphatic rings. The Hall–Kier alpha value is -1.76. The van der Waals surface area contributed by atoms with Gasteiger partial charge in [0.2, 0.25) is 0 Å². The molecule has 1 rings (SSSR count). The normalized spacial score (nSPS) is 12.6. The van der Waals surface area contributed by atoms with Crippen LogP contribution in [0.1, 0.15) is 15.9 Å². The van der Waals surface area contributed by atoms with Gasteiger partial charge in [0.1, 0.15) is 5.84 Å². The molecule has 0 saturated carbocycles. The summed E-state index contributed by atoms with van der Waals surface area (Å²) < 4.78 is 38.1. The van der Waals surface area contributed by atoms with E-state index in [9.17, 15) is 18.0 Å². The molecular weight excluding hydrogens is 273 g/mol. The second-order valence-electron chi connectivity index (χ2n) is 3.27. The van der Waals surface area contributed by atoms with E-state index in [1.54, 1.807) is 0 Å². The van der Waals surface area contributed by atoms with Crippen molar-refractivity contribution in [1.82, 2.24) is 0 Å². The highest BCUT2D eigenvalue weighted by Gasteiger charge is 2.34. The number of hydrogen-bond donors (Lipinski definition) is 2. The lowest BCUT2D eigenvalue weighted by Crippen LogP contribution is -2.14. The van der Waals surface area contributed by atoms with Crippen LogP contribution in [0.2, 0.25) is 0 Å². The number of carbonyl (C=O) groups is 1. The van der Waals surface area contributed by atoms with Crippen molar-refractivity contribution in [3.8, 4) is 0 Å². The van der Waals surface area contributed by atoms with Gasteiger partial charge in [-0.05, 0) is 18.2 Å². The van der Waals surface area contributed by atoms with Crippen molar-refractivity contribution >= 4 is 29.1 Å². The van der Waals surface area contributed by atoms with Crippen LogP contribution in [-0.2, 0) is 6.18 Å². The summed E-state index contributed by atoms with van der Waals surface area (Å²) in [5.41, 5.74) is 3.13. The van der Waals surface area contributed by atoms with Crippen molar-refractivity contribution in [2.75, 3.05) is 5.88 Å². The maximum atomic E-state index is 12.7. The van der Waals surface area contributed by atoms with E-state index in [-0.39, 0.29) is 11.7 Å². The third-order valence-electron chi connectivity index (χ3n) is 1.95. The highest BCUT2D eigenvalue weighted by Crippen LogP contribution is 2.37. The highest BCUT2D eigenvalue weighted by molar-refractivity contribution is 6.28. The van der Waals surface area contributed by atoms with Crippen LogP contribution in [0.4, 0.5) is 18.9 Å². The summed E-state index contributed by atoms with van der Waals surface area (Å²) >= 11 is 5.32. The first-order valence-corrected chi connectivity index (χ1v) is 5.12. The zero-order valence-electron chi connectivity index (χ0n) is 8.83. The molecule has 0 fully saturated rings. The molecule has 0 amide bonds. The van der Waals surface area contributed by atoms with Gasteiger partial charge in [0.25, 0.3) is 0 Å². The lowest BCUT2D eigenvalue weighted by atomic mass is 10.1. The van der Waals surface area contributed by atoms with E-state index in [1.807, 2.05) is 0 Å². The van der Waals surface area contributed by atoms with E-state index in [1.165, 1.54) is 0 Å². The van der Waals surface area contributed by atoms with Crippen molar-refractivity contribution in [3.05, 3.63) is 29.3 Å². The Labute approximate surface area is 105 Å². The van der Waals surface area contributed by atoms with Gasteiger partial charge in [-0.3, -0.25) is 0 Å². The molecule has 98 valence electrons. The molecule has 1 aromatic rings. The monoisotopic (exact) mass is 280 g/mol. The van der Waals surface area contributed by atoms with Crippen molar-refractivity contribution in [2.45, 2.75) is 6.18 Å². The summed E-state index contributed by atoms with van der Waals surface area (Å²) in [6.45, 7) is 0. The van der Waals surface area contributed by atoms with Gasteiger partial charge in [-0.15, -0.1) is 11.6 Å². The van der Waals surface area contributed by atoms with Gasteiger partial charge < -0.3 is 10.8 Å². The van der Waals surface area contributed by atoms with Crippen LogP contribution in [0.5, 0.6) is 0 Å². The predicted molar refractivity (Wildman–Crippen MR) is 60.4 cm³/mol. The van der Waals surface area contributed by atoms with Crippen molar-refractivity contribution in [1.29, 1.82) is 0 Å². The summed E-state index contributed by atoms with van der Waals surface area (Å²) in [5.74, 6) is -1.87. The van der Waals surface area contributed by atoms with Crippen molar-refractivity contribution in [2.24, 2.45) is 10.7 Å². The standard InChI is InChI=1S/C10H8ClF3N2O2/c11-4-8(15)16-7-2-1-5(9(17)18)3-6(7)10(12,13)14/h1-3H,4H2,(H2,15,16)(H,17,18). The van der Waals surface area contributed by atoms with Crippen molar-refractivity contribution in [3.63, 3.8) is 0 Å². The lowest BCUT2D eigenvalue weighted by molar-refractivity contribution is -0.137. The molecule has 0 spiro atoms. The minimum atomic E-state index is -4.73. The first-order valence-electron chi connectivity index (χ1n) is 4.59. The zero-order valence-corrected chi connectivity index (χ0v) is 9.59. The Morgan fingerprint density at radius 2 is 2.06 bits per heavy atom. The molecule has 0 aliphatic heterocycles. The summed E-state index contributed by atoms with van der Waals surface area (Å²) in [5, 5.41) is 8.64. The molecule has 0 bridgehead atoms. The topological polar surface area (TPSA) is 75.7 Å². The average Bonchev–Trinajstić information content (AvgIpc) is 2.27. The van der Waals surface area contributed by atoms with E-state index < -0.39 is 29.0 Å². The quantitative estimate of drug-likeness (QED) is 0.508. The molecule has 18 heavy (non-hydrogen) atoms. The second kappa shape index (κ2) is 5.26. The van der Waals surface area contributed by atoms with Crippen LogP contribution < -0.4 is 5.73 Å². The van der Waals surface area contributed by atoms with E-state index in [2.05, 4.69) is 4.99 Å². The van der Waals surface area contributed by atoms with Gasteiger partial charge in [0, 0.05) is 0 Å². The number of nitrogens with two attached hydrogens (primary N) is 1. The van der Waals surface area contributed by atoms with Gasteiger partial charge in [-0.25, -0.2) is 9.79 Å². The first-order chi connectivity index (χ1) is 8.25. The maximum Gasteiger partial charge on any atom is 0.418 e. The van der Waals surface area contributed by atoms with Crippen LogP contribution in [0.25, 0.3) is 0 Å². The Morgan fingerprint density at radius 3 is 2.50 bits per heavy atom. The second-order valence-corrected chi connectivity index (χ2v) is 3.54. The minimum absolute atomic E-state index is 0.190. The summed E-state index contributed by atoms with van der Waals surface area (Å²) in [6, 6.07) is 2.45. The van der Waals surface area contributed by atoms with Crippen LogP contribution in [-0.4, -0.2) is 22.8 Å². The van der Waals surface area contributed by atoms with E-state index in [4.69, 9.17) is 22.4 Å². The molecule has 3 N–H and O–H groups in total. The fourth-order valence-corrected chi connectivity index (χ4v) is 1.24. The smallest absolute Gasteiger partial charge is 0.418 e. The Morgan fingerprint density at radius 1 is 1.44 bits per heavy atom. The summed E-state index contributed by atoms with van der Waals surface area (Å²) in [4.78, 5) is 14.1. The van der Waals surface area contributed by atoms with Gasteiger partial charge in [-0.1, -0.05) is 0 Å². The number of benzene rings is 1. The first kappa shape index (κ1) is 14.3. The number of alkyl halides is 4. The molecule has 0 saturated heterocycles. The van der Waals surface area contributed by atoms with Crippen LogP contribution in [0.3, 0.4) is 0 Å².